The predicted molar refractivity (Wildman–Crippen MR) is 171 cm³/mol. The molecule has 1 fully saturated rings. The van der Waals surface area contributed by atoms with Gasteiger partial charge in [0.05, 0.1) is 11.5 Å². The van der Waals surface area contributed by atoms with Crippen LogP contribution in [0.3, 0.4) is 0 Å². The molecule has 2 atom stereocenters. The largest absolute Gasteiger partial charge is 0.443 e. The van der Waals surface area contributed by atoms with E-state index in [0.717, 1.165) is 4.90 Å². The highest BCUT2D eigenvalue weighted by Crippen LogP contribution is 2.46. The van der Waals surface area contributed by atoms with E-state index in [-0.39, 0.29) is 28.7 Å². The lowest BCUT2D eigenvalue weighted by Crippen LogP contribution is -2.74. The second-order valence-electron chi connectivity index (χ2n) is 14.5. The number of ether oxygens (including phenoxy) is 3. The number of hydrogen-bond donors (Lipinski definition) is 0. The molecule has 2 unspecified atom stereocenters. The lowest BCUT2D eigenvalue weighted by atomic mass is 9.91. The van der Waals surface area contributed by atoms with Crippen molar-refractivity contribution in [3.05, 3.63) is 58.7 Å². The molecule has 12 heteroatoms. The van der Waals surface area contributed by atoms with E-state index in [2.05, 4.69) is 38.8 Å². The molecule has 10 nitrogen and oxygen atoms in total. The van der Waals surface area contributed by atoms with Crippen LogP contribution < -0.4 is 4.90 Å². The number of imide groups is 1. The molecule has 1 aromatic carbocycles. The van der Waals surface area contributed by atoms with Crippen LogP contribution in [0.4, 0.5) is 15.4 Å². The van der Waals surface area contributed by atoms with Crippen molar-refractivity contribution in [2.24, 2.45) is 5.92 Å². The van der Waals surface area contributed by atoms with Gasteiger partial charge in [-0.2, -0.15) is 4.90 Å². The van der Waals surface area contributed by atoms with E-state index >= 15 is 0 Å². The summed E-state index contributed by atoms with van der Waals surface area (Å²) in [7, 11) is -2.45. The Bertz CT molecular complexity index is 1400. The number of hydrogen-bond acceptors (Lipinski definition) is 8. The van der Waals surface area contributed by atoms with Crippen LogP contribution in [0, 0.1) is 5.92 Å². The van der Waals surface area contributed by atoms with Crippen molar-refractivity contribution in [2.45, 2.75) is 104 Å². The van der Waals surface area contributed by atoms with Crippen molar-refractivity contribution in [3.8, 4) is 0 Å². The molecule has 0 bridgehead atoms. The quantitative estimate of drug-likeness (QED) is 0.136. The highest BCUT2D eigenvalue weighted by Gasteiger charge is 2.59. The average molecular weight is 646 g/mol. The van der Waals surface area contributed by atoms with E-state index in [1.165, 1.54) is 18.3 Å². The van der Waals surface area contributed by atoms with Crippen LogP contribution in [0.1, 0.15) is 78.2 Å². The van der Waals surface area contributed by atoms with Crippen molar-refractivity contribution in [1.82, 2.24) is 9.55 Å². The molecule has 44 heavy (non-hydrogen) atoms. The molecular formula is C32H44ClN3O7Si. The van der Waals surface area contributed by atoms with E-state index in [4.69, 9.17) is 25.8 Å². The molecule has 0 N–H and O–H groups in total. The zero-order valence-electron chi connectivity index (χ0n) is 27.5. The number of benzene rings is 1. The smallest absolute Gasteiger partial charge is 0.425 e. The molecule has 1 aromatic heterocycles. The second-order valence-corrected chi connectivity index (χ2v) is 20.0. The number of β-lactam (4-membered cyclic amide) rings is 1. The van der Waals surface area contributed by atoms with Gasteiger partial charge in [0.25, 0.3) is 0 Å². The van der Waals surface area contributed by atoms with Gasteiger partial charge in [0.1, 0.15) is 17.0 Å². The molecule has 240 valence electrons. The van der Waals surface area contributed by atoms with E-state index in [0.29, 0.717) is 10.6 Å². The number of carbonyl (C=O) groups excluding carboxylic acids is 4. The number of rotatable bonds is 6. The fraction of sp³-hybridized carbons (Fsp3) is 0.531. The SMILES string of the molecule is CC(C)(C)OC(=O)N(C(=O)OC(C)(C)C)c1cc(CC2C(=O)N([Si](C)(C)C(C)(C)C)C2OC(=O)c2cccc(Cl)c2)ccn1. The number of amides is 3. The van der Waals surface area contributed by atoms with Crippen LogP contribution in [0.15, 0.2) is 42.6 Å². The number of nitrogens with zero attached hydrogens (tertiary/aromatic N) is 3. The van der Waals surface area contributed by atoms with Gasteiger partial charge in [-0.1, -0.05) is 51.5 Å². The Labute approximate surface area is 266 Å². The molecular weight excluding hydrogens is 602 g/mol. The van der Waals surface area contributed by atoms with Gasteiger partial charge >= 0.3 is 18.2 Å². The third-order valence-electron chi connectivity index (χ3n) is 7.53. The molecule has 0 aliphatic carbocycles. The Morgan fingerprint density at radius 2 is 1.50 bits per heavy atom. The summed E-state index contributed by atoms with van der Waals surface area (Å²) in [4.78, 5) is 58.3. The van der Waals surface area contributed by atoms with Gasteiger partial charge < -0.3 is 18.8 Å². The molecule has 0 spiro atoms. The van der Waals surface area contributed by atoms with Crippen molar-refractivity contribution in [2.75, 3.05) is 4.90 Å². The van der Waals surface area contributed by atoms with Gasteiger partial charge in [-0.15, -0.1) is 0 Å². The number of carbonyl (C=O) groups is 4. The number of aromatic nitrogens is 1. The Hall–Kier alpha value is -3.44. The fourth-order valence-corrected chi connectivity index (χ4v) is 6.93. The molecule has 3 rings (SSSR count). The molecule has 0 radical (unpaired) electrons. The van der Waals surface area contributed by atoms with Crippen molar-refractivity contribution in [3.63, 3.8) is 0 Å². The van der Waals surface area contributed by atoms with Crippen LogP contribution in [-0.4, -0.2) is 59.3 Å². The summed E-state index contributed by atoms with van der Waals surface area (Å²) in [6.07, 6.45) is -1.11. The van der Waals surface area contributed by atoms with Crippen molar-refractivity contribution < 1.29 is 33.4 Å². The number of halogens is 1. The zero-order chi connectivity index (χ0) is 33.4. The monoisotopic (exact) mass is 645 g/mol. The molecule has 1 aliphatic rings. The summed E-state index contributed by atoms with van der Waals surface area (Å²) >= 11 is 6.11. The molecule has 1 aliphatic heterocycles. The predicted octanol–water partition coefficient (Wildman–Crippen LogP) is 7.60. The molecule has 3 amide bonds. The Morgan fingerprint density at radius 3 is 2.00 bits per heavy atom. The average Bonchev–Trinajstić information content (AvgIpc) is 2.84. The minimum Gasteiger partial charge on any atom is -0.443 e. The van der Waals surface area contributed by atoms with Crippen molar-refractivity contribution >= 4 is 49.7 Å². The number of esters is 1. The third kappa shape index (κ3) is 8.18. The van der Waals surface area contributed by atoms with E-state index in [1.807, 2.05) is 0 Å². The molecule has 2 heterocycles. The highest BCUT2D eigenvalue weighted by molar-refractivity contribution is 6.80. The van der Waals surface area contributed by atoms with Gasteiger partial charge in [-0.3, -0.25) is 4.79 Å². The summed E-state index contributed by atoms with van der Waals surface area (Å²) in [5.74, 6) is -1.43. The van der Waals surface area contributed by atoms with Gasteiger partial charge in [-0.25, -0.2) is 19.4 Å². The van der Waals surface area contributed by atoms with Gasteiger partial charge in [0.15, 0.2) is 14.5 Å². The third-order valence-corrected chi connectivity index (χ3v) is 13.1. The van der Waals surface area contributed by atoms with Crippen LogP contribution in [0.5, 0.6) is 0 Å². The Kier molecular flexibility index (Phi) is 9.96. The minimum absolute atomic E-state index is 0.0218. The molecule has 1 saturated heterocycles. The molecule has 2 aromatic rings. The van der Waals surface area contributed by atoms with Gasteiger partial charge in [0, 0.05) is 11.2 Å². The van der Waals surface area contributed by atoms with E-state index in [9.17, 15) is 19.2 Å². The first-order chi connectivity index (χ1) is 20.0. The summed E-state index contributed by atoms with van der Waals surface area (Å²) in [5.41, 5.74) is -0.896. The lowest BCUT2D eigenvalue weighted by molar-refractivity contribution is -0.168. The summed E-state index contributed by atoms with van der Waals surface area (Å²) in [5, 5.41) is 0.185. The fourth-order valence-electron chi connectivity index (χ4n) is 4.44. The first-order valence-electron chi connectivity index (χ1n) is 14.5. The van der Waals surface area contributed by atoms with Gasteiger partial charge in [-0.05, 0) is 88.9 Å². The lowest BCUT2D eigenvalue weighted by Gasteiger charge is -2.57. The minimum atomic E-state index is -2.45. The van der Waals surface area contributed by atoms with Crippen LogP contribution in [0.2, 0.25) is 23.2 Å². The first-order valence-corrected chi connectivity index (χ1v) is 17.8. The van der Waals surface area contributed by atoms with Gasteiger partial charge in [0.2, 0.25) is 5.91 Å². The van der Waals surface area contributed by atoms with Crippen LogP contribution in [0.25, 0.3) is 0 Å². The molecule has 0 saturated carbocycles. The first kappa shape index (κ1) is 35.0. The summed E-state index contributed by atoms with van der Waals surface area (Å²) in [6.45, 7) is 20.5. The second kappa shape index (κ2) is 12.5. The number of pyridine rings is 1. The Morgan fingerprint density at radius 1 is 0.932 bits per heavy atom. The normalized spacial score (nSPS) is 17.5. The van der Waals surface area contributed by atoms with Crippen LogP contribution in [-0.2, 0) is 25.4 Å². The van der Waals surface area contributed by atoms with Crippen molar-refractivity contribution in [1.29, 1.82) is 0 Å². The maximum Gasteiger partial charge on any atom is 0.425 e. The maximum atomic E-state index is 13.8. The van der Waals surface area contributed by atoms with E-state index < -0.39 is 49.7 Å². The summed E-state index contributed by atoms with van der Waals surface area (Å²) in [6, 6.07) is 9.67. The highest BCUT2D eigenvalue weighted by atomic mass is 35.5. The topological polar surface area (TPSA) is 115 Å². The maximum absolute atomic E-state index is 13.8. The van der Waals surface area contributed by atoms with E-state index in [1.54, 1.807) is 70.4 Å². The standard InChI is InChI=1S/C32H44ClN3O7Si/c1-30(2,3)42-28(39)35(29(40)43-31(4,5)6)24-18-20(15-16-34-24)17-23-25(37)36(44(10,11)32(7,8)9)26(23)41-27(38)21-13-12-14-22(33)19-21/h12-16,18-19,23,26H,17H2,1-11H3. The summed E-state index contributed by atoms with van der Waals surface area (Å²) < 4.78 is 18.7. The van der Waals surface area contributed by atoms with Crippen LogP contribution >= 0.6 is 11.6 Å². The Balaban J connectivity index is 1.97. The number of anilines is 1. The zero-order valence-corrected chi connectivity index (χ0v) is 29.2.